The Morgan fingerprint density at radius 2 is 2.50 bits per heavy atom. The smallest absolute Gasteiger partial charge is 0.241 e. The van der Waals surface area contributed by atoms with Crippen LogP contribution in [0.25, 0.3) is 0 Å². The maximum Gasteiger partial charge on any atom is 0.241 e. The van der Waals surface area contributed by atoms with Crippen LogP contribution < -0.4 is 5.32 Å². The number of morpholine rings is 1. The average Bonchev–Trinajstić information content (AvgIpc) is 2.46. The quantitative estimate of drug-likeness (QED) is 0.820. The first kappa shape index (κ1) is 13.0. The van der Waals surface area contributed by atoms with Gasteiger partial charge in [0.15, 0.2) is 0 Å². The Morgan fingerprint density at radius 1 is 1.61 bits per heavy atom. The van der Waals surface area contributed by atoms with Gasteiger partial charge in [0.2, 0.25) is 5.91 Å². The Kier molecular flexibility index (Phi) is 4.66. The zero-order valence-electron chi connectivity index (χ0n) is 10.6. The number of pyridine rings is 1. The molecule has 1 aliphatic rings. The molecule has 1 fully saturated rings. The topological polar surface area (TPSA) is 54.5 Å². The van der Waals surface area contributed by atoms with Crippen molar-refractivity contribution in [1.82, 2.24) is 15.2 Å². The van der Waals surface area contributed by atoms with Crippen molar-refractivity contribution in [3.8, 4) is 0 Å². The Balaban J connectivity index is 1.80. The monoisotopic (exact) mass is 249 g/mol. The van der Waals surface area contributed by atoms with Crippen molar-refractivity contribution < 1.29 is 9.53 Å². The van der Waals surface area contributed by atoms with Gasteiger partial charge in [-0.3, -0.25) is 9.78 Å². The molecule has 1 aliphatic heterocycles. The molecule has 1 unspecified atom stereocenters. The van der Waals surface area contributed by atoms with Crippen LogP contribution in [0.5, 0.6) is 0 Å². The number of amides is 1. The second-order valence-corrected chi connectivity index (χ2v) is 4.41. The van der Waals surface area contributed by atoms with Crippen LogP contribution >= 0.6 is 0 Å². The third-order valence-electron chi connectivity index (χ3n) is 3.03. The van der Waals surface area contributed by atoms with E-state index < -0.39 is 0 Å². The van der Waals surface area contributed by atoms with E-state index >= 15 is 0 Å². The van der Waals surface area contributed by atoms with Gasteiger partial charge in [-0.2, -0.15) is 0 Å². The van der Waals surface area contributed by atoms with E-state index in [1.165, 1.54) is 0 Å². The highest BCUT2D eigenvalue weighted by atomic mass is 16.5. The fourth-order valence-corrected chi connectivity index (χ4v) is 1.93. The fraction of sp³-hybridized carbons (Fsp3) is 0.538. The van der Waals surface area contributed by atoms with Gasteiger partial charge in [0, 0.05) is 38.4 Å². The highest BCUT2D eigenvalue weighted by Crippen LogP contribution is 2.01. The van der Waals surface area contributed by atoms with Crippen molar-refractivity contribution in [2.24, 2.45) is 0 Å². The molecule has 0 spiro atoms. The third kappa shape index (κ3) is 3.51. The van der Waals surface area contributed by atoms with Gasteiger partial charge >= 0.3 is 0 Å². The van der Waals surface area contributed by atoms with Crippen molar-refractivity contribution in [2.45, 2.75) is 12.5 Å². The highest BCUT2D eigenvalue weighted by molar-refractivity contribution is 5.81. The van der Waals surface area contributed by atoms with Crippen LogP contribution in [-0.2, 0) is 16.0 Å². The van der Waals surface area contributed by atoms with Gasteiger partial charge in [0.1, 0.15) is 6.04 Å². The lowest BCUT2D eigenvalue weighted by atomic mass is 10.2. The molecule has 1 atom stereocenters. The second kappa shape index (κ2) is 6.47. The number of nitrogens with one attached hydrogen (secondary N) is 1. The summed E-state index contributed by atoms with van der Waals surface area (Å²) in [4.78, 5) is 18.1. The average molecular weight is 249 g/mol. The molecular weight excluding hydrogens is 230 g/mol. The molecule has 0 aromatic carbocycles. The molecule has 1 amide bonds. The summed E-state index contributed by atoms with van der Waals surface area (Å²) in [7, 11) is 1.82. The molecule has 98 valence electrons. The summed E-state index contributed by atoms with van der Waals surface area (Å²) < 4.78 is 5.29. The molecule has 0 bridgehead atoms. The molecule has 5 nitrogen and oxygen atoms in total. The van der Waals surface area contributed by atoms with Crippen LogP contribution in [-0.4, -0.2) is 55.2 Å². The SMILES string of the molecule is CN(CCc1ccccn1)C(=O)C1COCCN1. The number of hydrogen-bond acceptors (Lipinski definition) is 4. The van der Waals surface area contributed by atoms with Crippen molar-refractivity contribution >= 4 is 5.91 Å². The molecule has 2 rings (SSSR count). The summed E-state index contributed by atoms with van der Waals surface area (Å²) in [6.45, 7) is 2.56. The van der Waals surface area contributed by atoms with Gasteiger partial charge in [-0.15, -0.1) is 0 Å². The Morgan fingerprint density at radius 3 is 3.17 bits per heavy atom. The van der Waals surface area contributed by atoms with E-state index in [1.807, 2.05) is 25.2 Å². The predicted octanol–water partition coefficient (Wildman–Crippen LogP) is 0.0709. The number of ether oxygens (including phenoxy) is 1. The molecule has 1 aromatic heterocycles. The van der Waals surface area contributed by atoms with Gasteiger partial charge in [-0.25, -0.2) is 0 Å². The minimum Gasteiger partial charge on any atom is -0.378 e. The summed E-state index contributed by atoms with van der Waals surface area (Å²) in [5, 5.41) is 3.17. The van der Waals surface area contributed by atoms with E-state index in [-0.39, 0.29) is 11.9 Å². The van der Waals surface area contributed by atoms with Gasteiger partial charge in [0.05, 0.1) is 13.2 Å². The molecule has 0 saturated carbocycles. The molecule has 0 aliphatic carbocycles. The number of likely N-dealkylation sites (N-methyl/N-ethyl adjacent to an activating group) is 1. The van der Waals surface area contributed by atoms with E-state index in [2.05, 4.69) is 10.3 Å². The van der Waals surface area contributed by atoms with Crippen molar-refractivity contribution in [3.63, 3.8) is 0 Å². The van der Waals surface area contributed by atoms with Crippen LogP contribution in [0.1, 0.15) is 5.69 Å². The second-order valence-electron chi connectivity index (χ2n) is 4.41. The number of carbonyl (C=O) groups excluding carboxylic acids is 1. The zero-order chi connectivity index (χ0) is 12.8. The minimum atomic E-state index is -0.201. The minimum absolute atomic E-state index is 0.0885. The van der Waals surface area contributed by atoms with Crippen molar-refractivity contribution in [2.75, 3.05) is 33.4 Å². The summed E-state index contributed by atoms with van der Waals surface area (Å²) in [5.41, 5.74) is 1.00. The van der Waals surface area contributed by atoms with Crippen LogP contribution in [0.4, 0.5) is 0 Å². The maximum atomic E-state index is 12.1. The molecule has 1 saturated heterocycles. The number of carbonyl (C=O) groups is 1. The summed E-state index contributed by atoms with van der Waals surface area (Å²) >= 11 is 0. The van der Waals surface area contributed by atoms with E-state index in [0.717, 1.165) is 18.7 Å². The lowest BCUT2D eigenvalue weighted by Gasteiger charge is -2.27. The van der Waals surface area contributed by atoms with Crippen molar-refractivity contribution in [1.29, 1.82) is 0 Å². The Hall–Kier alpha value is -1.46. The molecular formula is C13H19N3O2. The van der Waals surface area contributed by atoms with Gasteiger partial charge in [-0.05, 0) is 12.1 Å². The summed E-state index contributed by atoms with van der Waals surface area (Å²) in [6, 6.07) is 5.62. The standard InChI is InChI=1S/C13H19N3O2/c1-16(8-5-11-4-2-3-6-14-11)13(17)12-10-18-9-7-15-12/h2-4,6,12,15H,5,7-10H2,1H3. The number of hydrogen-bond donors (Lipinski definition) is 1. The van der Waals surface area contributed by atoms with Crippen LogP contribution in [0.2, 0.25) is 0 Å². The summed E-state index contributed by atoms with van der Waals surface area (Å²) in [6.07, 6.45) is 2.55. The first-order valence-electron chi connectivity index (χ1n) is 6.23. The number of aromatic nitrogens is 1. The lowest BCUT2D eigenvalue weighted by Crippen LogP contribution is -2.51. The molecule has 2 heterocycles. The van der Waals surface area contributed by atoms with E-state index in [1.54, 1.807) is 11.1 Å². The first-order valence-corrected chi connectivity index (χ1v) is 6.23. The highest BCUT2D eigenvalue weighted by Gasteiger charge is 2.23. The molecule has 0 radical (unpaired) electrons. The number of rotatable bonds is 4. The van der Waals surface area contributed by atoms with Crippen LogP contribution in [0, 0.1) is 0 Å². The molecule has 18 heavy (non-hydrogen) atoms. The lowest BCUT2D eigenvalue weighted by molar-refractivity contribution is -0.135. The zero-order valence-corrected chi connectivity index (χ0v) is 10.6. The van der Waals surface area contributed by atoms with E-state index in [0.29, 0.717) is 19.8 Å². The normalized spacial score (nSPS) is 19.5. The van der Waals surface area contributed by atoms with E-state index in [4.69, 9.17) is 4.74 Å². The Labute approximate surface area is 107 Å². The van der Waals surface area contributed by atoms with Gasteiger partial charge in [0.25, 0.3) is 0 Å². The first-order chi connectivity index (χ1) is 8.77. The maximum absolute atomic E-state index is 12.1. The molecule has 1 N–H and O–H groups in total. The molecule has 1 aromatic rings. The van der Waals surface area contributed by atoms with Crippen LogP contribution in [0.3, 0.4) is 0 Å². The summed E-state index contributed by atoms with van der Waals surface area (Å²) in [5.74, 6) is 0.0885. The van der Waals surface area contributed by atoms with Crippen LogP contribution in [0.15, 0.2) is 24.4 Å². The largest absolute Gasteiger partial charge is 0.378 e. The van der Waals surface area contributed by atoms with Gasteiger partial charge in [-0.1, -0.05) is 6.07 Å². The van der Waals surface area contributed by atoms with Crippen molar-refractivity contribution in [3.05, 3.63) is 30.1 Å². The Bertz CT molecular complexity index is 377. The number of nitrogens with zero attached hydrogens (tertiary/aromatic N) is 2. The third-order valence-corrected chi connectivity index (χ3v) is 3.03. The van der Waals surface area contributed by atoms with E-state index in [9.17, 15) is 4.79 Å². The van der Waals surface area contributed by atoms with Gasteiger partial charge < -0.3 is 15.0 Å². The molecule has 5 heteroatoms. The fourth-order valence-electron chi connectivity index (χ4n) is 1.93. The predicted molar refractivity (Wildman–Crippen MR) is 68.2 cm³/mol.